The van der Waals surface area contributed by atoms with Crippen molar-refractivity contribution in [1.29, 1.82) is 0 Å². The molecule has 0 amide bonds. The molecular formula is C12H15F3O4S. The second kappa shape index (κ2) is 6.94. The van der Waals surface area contributed by atoms with Crippen molar-refractivity contribution < 1.29 is 32.5 Å². The van der Waals surface area contributed by atoms with Gasteiger partial charge in [0.2, 0.25) is 0 Å². The number of carboxylic acids is 1. The zero-order valence-corrected chi connectivity index (χ0v) is 11.8. The molecule has 20 heavy (non-hydrogen) atoms. The number of carbonyl (C=O) groups is 1. The summed E-state index contributed by atoms with van der Waals surface area (Å²) in [5, 5.41) is 9.02. The molecule has 1 N–H and O–H groups in total. The minimum absolute atomic E-state index is 0.0459. The van der Waals surface area contributed by atoms with Gasteiger partial charge < -0.3 is 14.6 Å². The molecule has 0 atom stereocenters. The standard InChI is InChI=1S/C12H15F3O4S/c1-7(2)9-5-8(10(20-9)11(16)17)19-4-3-18-6-12(13,14)15/h5,7H,3-4,6H2,1-2H3,(H,16,17). The number of alkyl halides is 3. The van der Waals surface area contributed by atoms with E-state index >= 15 is 0 Å². The molecule has 0 unspecified atom stereocenters. The summed E-state index contributed by atoms with van der Waals surface area (Å²) in [6.45, 7) is 2.08. The molecule has 0 bridgehead atoms. The molecule has 0 fully saturated rings. The first-order chi connectivity index (χ1) is 9.20. The Kier molecular flexibility index (Phi) is 5.82. The van der Waals surface area contributed by atoms with Crippen LogP contribution in [0.1, 0.15) is 34.3 Å². The van der Waals surface area contributed by atoms with E-state index < -0.39 is 18.8 Å². The minimum Gasteiger partial charge on any atom is -0.489 e. The smallest absolute Gasteiger partial charge is 0.411 e. The lowest BCUT2D eigenvalue weighted by Crippen LogP contribution is -2.19. The summed E-state index contributed by atoms with van der Waals surface area (Å²) in [5.41, 5.74) is 0. The highest BCUT2D eigenvalue weighted by molar-refractivity contribution is 7.14. The van der Waals surface area contributed by atoms with Gasteiger partial charge >= 0.3 is 12.1 Å². The van der Waals surface area contributed by atoms with Crippen molar-refractivity contribution in [2.75, 3.05) is 19.8 Å². The predicted octanol–water partition coefficient (Wildman–Crippen LogP) is 3.53. The molecule has 1 rings (SSSR count). The molecule has 0 radical (unpaired) electrons. The lowest BCUT2D eigenvalue weighted by molar-refractivity contribution is -0.175. The highest BCUT2D eigenvalue weighted by Gasteiger charge is 2.27. The summed E-state index contributed by atoms with van der Waals surface area (Å²) in [7, 11) is 0. The van der Waals surface area contributed by atoms with Crippen LogP contribution in [0.15, 0.2) is 6.07 Å². The maximum absolute atomic E-state index is 11.8. The number of hydrogen-bond acceptors (Lipinski definition) is 4. The van der Waals surface area contributed by atoms with Gasteiger partial charge in [0.15, 0.2) is 4.88 Å². The SMILES string of the molecule is CC(C)c1cc(OCCOCC(F)(F)F)c(C(=O)O)s1. The van der Waals surface area contributed by atoms with Gasteiger partial charge in [0.25, 0.3) is 0 Å². The van der Waals surface area contributed by atoms with Gasteiger partial charge in [-0.05, 0) is 12.0 Å². The van der Waals surface area contributed by atoms with E-state index in [1.165, 1.54) is 0 Å². The van der Waals surface area contributed by atoms with Gasteiger partial charge in [0, 0.05) is 4.88 Å². The van der Waals surface area contributed by atoms with Gasteiger partial charge in [0.1, 0.15) is 19.0 Å². The number of thiophene rings is 1. The number of hydrogen-bond donors (Lipinski definition) is 1. The van der Waals surface area contributed by atoms with Gasteiger partial charge in [-0.3, -0.25) is 0 Å². The van der Waals surface area contributed by atoms with E-state index in [0.29, 0.717) is 0 Å². The molecule has 0 aliphatic carbocycles. The summed E-state index contributed by atoms with van der Waals surface area (Å²) < 4.78 is 45.0. The van der Waals surface area contributed by atoms with E-state index in [4.69, 9.17) is 9.84 Å². The molecule has 1 aromatic heterocycles. The largest absolute Gasteiger partial charge is 0.489 e. The Morgan fingerprint density at radius 2 is 2.05 bits per heavy atom. The maximum atomic E-state index is 11.8. The molecular weight excluding hydrogens is 297 g/mol. The fourth-order valence-electron chi connectivity index (χ4n) is 1.33. The quantitative estimate of drug-likeness (QED) is 0.783. The van der Waals surface area contributed by atoms with Crippen LogP contribution in [0.2, 0.25) is 0 Å². The molecule has 0 saturated carbocycles. The van der Waals surface area contributed by atoms with Crippen molar-refractivity contribution in [2.24, 2.45) is 0 Å². The first-order valence-electron chi connectivity index (χ1n) is 5.85. The predicted molar refractivity (Wildman–Crippen MR) is 67.7 cm³/mol. The number of ether oxygens (including phenoxy) is 2. The van der Waals surface area contributed by atoms with E-state index in [9.17, 15) is 18.0 Å². The van der Waals surface area contributed by atoms with E-state index in [0.717, 1.165) is 16.2 Å². The van der Waals surface area contributed by atoms with Crippen LogP contribution in [0.5, 0.6) is 5.75 Å². The van der Waals surface area contributed by atoms with Crippen molar-refractivity contribution in [3.63, 3.8) is 0 Å². The van der Waals surface area contributed by atoms with Gasteiger partial charge in [-0.25, -0.2) is 4.79 Å². The fourth-order valence-corrected chi connectivity index (χ4v) is 2.27. The van der Waals surface area contributed by atoms with Crippen molar-refractivity contribution >= 4 is 17.3 Å². The Hall–Kier alpha value is -1.28. The normalized spacial score (nSPS) is 11.9. The topological polar surface area (TPSA) is 55.8 Å². The van der Waals surface area contributed by atoms with Crippen molar-refractivity contribution in [2.45, 2.75) is 25.9 Å². The highest BCUT2D eigenvalue weighted by Crippen LogP contribution is 2.33. The second-order valence-electron chi connectivity index (χ2n) is 4.32. The zero-order chi connectivity index (χ0) is 15.3. The summed E-state index contributed by atoms with van der Waals surface area (Å²) in [6, 6.07) is 1.60. The monoisotopic (exact) mass is 312 g/mol. The molecule has 0 aromatic carbocycles. The van der Waals surface area contributed by atoms with Crippen LogP contribution in [0.3, 0.4) is 0 Å². The number of rotatable bonds is 7. The summed E-state index contributed by atoms with van der Waals surface area (Å²) in [4.78, 5) is 11.9. The molecule has 1 aromatic rings. The Morgan fingerprint density at radius 3 is 2.55 bits per heavy atom. The van der Waals surface area contributed by atoms with Gasteiger partial charge in [-0.1, -0.05) is 13.8 Å². The van der Waals surface area contributed by atoms with Crippen LogP contribution in [0, 0.1) is 0 Å². The number of aromatic carboxylic acids is 1. The van der Waals surface area contributed by atoms with Gasteiger partial charge in [0.05, 0.1) is 6.61 Å². The first-order valence-corrected chi connectivity index (χ1v) is 6.66. The van der Waals surface area contributed by atoms with E-state index in [1.54, 1.807) is 6.07 Å². The van der Waals surface area contributed by atoms with Crippen LogP contribution in [0.4, 0.5) is 13.2 Å². The average Bonchev–Trinajstić information content (AvgIpc) is 2.71. The van der Waals surface area contributed by atoms with Gasteiger partial charge in [-0.15, -0.1) is 11.3 Å². The molecule has 0 saturated heterocycles. The van der Waals surface area contributed by atoms with E-state index in [1.807, 2.05) is 13.8 Å². The second-order valence-corrected chi connectivity index (χ2v) is 5.40. The third kappa shape index (κ3) is 5.38. The summed E-state index contributed by atoms with van der Waals surface area (Å²) >= 11 is 1.10. The Morgan fingerprint density at radius 1 is 1.40 bits per heavy atom. The Labute approximate surface area is 118 Å². The number of carboxylic acid groups (broad SMARTS) is 1. The third-order valence-corrected chi connectivity index (χ3v) is 3.64. The number of halogens is 3. The van der Waals surface area contributed by atoms with Crippen molar-refractivity contribution in [3.05, 3.63) is 15.8 Å². The first kappa shape index (κ1) is 16.8. The van der Waals surface area contributed by atoms with Crippen LogP contribution in [0.25, 0.3) is 0 Å². The van der Waals surface area contributed by atoms with Crippen LogP contribution in [-0.2, 0) is 4.74 Å². The molecule has 8 heteroatoms. The molecule has 0 spiro atoms. The van der Waals surface area contributed by atoms with Crippen molar-refractivity contribution in [3.8, 4) is 5.75 Å². The maximum Gasteiger partial charge on any atom is 0.411 e. The van der Waals surface area contributed by atoms with Gasteiger partial charge in [-0.2, -0.15) is 13.2 Å². The fraction of sp³-hybridized carbons (Fsp3) is 0.583. The molecule has 114 valence electrons. The highest BCUT2D eigenvalue weighted by atomic mass is 32.1. The average molecular weight is 312 g/mol. The summed E-state index contributed by atoms with van der Waals surface area (Å²) in [5.74, 6) is -0.799. The summed E-state index contributed by atoms with van der Waals surface area (Å²) in [6.07, 6.45) is -4.38. The van der Waals surface area contributed by atoms with E-state index in [2.05, 4.69) is 4.74 Å². The molecule has 4 nitrogen and oxygen atoms in total. The van der Waals surface area contributed by atoms with E-state index in [-0.39, 0.29) is 29.8 Å². The lowest BCUT2D eigenvalue weighted by Gasteiger charge is -2.08. The third-order valence-electron chi connectivity index (χ3n) is 2.23. The van der Waals surface area contributed by atoms with Crippen LogP contribution >= 0.6 is 11.3 Å². The lowest BCUT2D eigenvalue weighted by atomic mass is 10.2. The van der Waals surface area contributed by atoms with Crippen LogP contribution in [-0.4, -0.2) is 37.1 Å². The molecule has 0 aliphatic rings. The van der Waals surface area contributed by atoms with Crippen LogP contribution < -0.4 is 4.74 Å². The molecule has 1 heterocycles. The Balaban J connectivity index is 2.52. The zero-order valence-electron chi connectivity index (χ0n) is 11.0. The Bertz CT molecular complexity index is 454. The minimum atomic E-state index is -4.38. The molecule has 0 aliphatic heterocycles. The van der Waals surface area contributed by atoms with Crippen molar-refractivity contribution in [1.82, 2.24) is 0 Å².